The topological polar surface area (TPSA) is 61.4 Å². The van der Waals surface area contributed by atoms with Crippen molar-refractivity contribution in [3.05, 3.63) is 47.3 Å². The van der Waals surface area contributed by atoms with Crippen molar-refractivity contribution in [3.8, 4) is 0 Å². The predicted octanol–water partition coefficient (Wildman–Crippen LogP) is 2.03. The summed E-state index contributed by atoms with van der Waals surface area (Å²) in [6.07, 6.45) is 2.12. The fraction of sp³-hybridized carbons (Fsp3) is 0.412. The summed E-state index contributed by atoms with van der Waals surface area (Å²) >= 11 is 5.74. The van der Waals surface area contributed by atoms with Crippen LogP contribution in [0.4, 0.5) is 4.39 Å². The van der Waals surface area contributed by atoms with E-state index in [1.807, 2.05) is 7.05 Å². The number of rotatable bonds is 6. The second-order valence-electron chi connectivity index (χ2n) is 5.81. The van der Waals surface area contributed by atoms with Crippen LogP contribution in [-0.2, 0) is 9.59 Å². The highest BCUT2D eigenvalue weighted by atomic mass is 35.5. The van der Waals surface area contributed by atoms with E-state index < -0.39 is 5.82 Å². The lowest BCUT2D eigenvalue weighted by Gasteiger charge is -2.26. The molecule has 2 N–H and O–H groups in total. The van der Waals surface area contributed by atoms with Gasteiger partial charge in [-0.25, -0.2) is 4.39 Å². The first-order valence-electron chi connectivity index (χ1n) is 7.77. The van der Waals surface area contributed by atoms with E-state index in [2.05, 4.69) is 22.1 Å². The van der Waals surface area contributed by atoms with Crippen LogP contribution in [0.15, 0.2) is 30.9 Å². The molecule has 0 aromatic heterocycles. The van der Waals surface area contributed by atoms with Crippen LogP contribution in [0.5, 0.6) is 0 Å². The number of carbonyl (C=O) groups excluding carboxylic acids is 2. The van der Waals surface area contributed by atoms with Crippen molar-refractivity contribution in [1.29, 1.82) is 0 Å². The zero-order valence-electron chi connectivity index (χ0n) is 13.5. The molecule has 1 heterocycles. The zero-order valence-corrected chi connectivity index (χ0v) is 14.3. The Balaban J connectivity index is 1.98. The Morgan fingerprint density at radius 3 is 2.92 bits per heavy atom. The molecular weight excluding hydrogens is 333 g/mol. The summed E-state index contributed by atoms with van der Waals surface area (Å²) in [4.78, 5) is 25.2. The van der Waals surface area contributed by atoms with E-state index in [1.54, 1.807) is 6.07 Å². The molecule has 1 aliphatic rings. The van der Waals surface area contributed by atoms with Crippen LogP contribution in [0.2, 0.25) is 5.02 Å². The molecule has 0 unspecified atom stereocenters. The van der Waals surface area contributed by atoms with Crippen molar-refractivity contribution in [1.82, 2.24) is 15.5 Å². The molecule has 2 rings (SSSR count). The third-order valence-electron chi connectivity index (χ3n) is 4.12. The minimum absolute atomic E-state index is 0.0814. The number of carbonyl (C=O) groups is 2. The minimum Gasteiger partial charge on any atom is -0.352 e. The van der Waals surface area contributed by atoms with Gasteiger partial charge in [-0.05, 0) is 37.2 Å². The number of likely N-dealkylation sites (tertiary alicyclic amines) is 1. The fourth-order valence-electron chi connectivity index (χ4n) is 2.93. The van der Waals surface area contributed by atoms with E-state index in [4.69, 9.17) is 11.6 Å². The molecule has 0 saturated carbocycles. The SMILES string of the molecule is C=CC(=O)NCCC(=O)N[C@@H]1CCN(C)[C@H]1c1ccc(Cl)c(F)c1. The maximum absolute atomic E-state index is 13.7. The van der Waals surface area contributed by atoms with Crippen LogP contribution in [-0.4, -0.2) is 42.9 Å². The Morgan fingerprint density at radius 2 is 2.25 bits per heavy atom. The molecule has 1 aromatic rings. The molecule has 0 bridgehead atoms. The van der Waals surface area contributed by atoms with Gasteiger partial charge < -0.3 is 10.6 Å². The smallest absolute Gasteiger partial charge is 0.243 e. The largest absolute Gasteiger partial charge is 0.352 e. The van der Waals surface area contributed by atoms with E-state index in [1.165, 1.54) is 12.1 Å². The van der Waals surface area contributed by atoms with Crippen LogP contribution in [0.1, 0.15) is 24.4 Å². The standard InChI is InChI=1S/C17H21ClFN3O2/c1-3-15(23)20-8-6-16(24)21-14-7-9-22(2)17(14)11-4-5-12(18)13(19)10-11/h3-5,10,14,17H,1,6-9H2,2H3,(H,20,23)(H,21,24)/t14-,17+/m1/s1. The van der Waals surface area contributed by atoms with Gasteiger partial charge in [0.25, 0.3) is 0 Å². The monoisotopic (exact) mass is 353 g/mol. The molecule has 7 heteroatoms. The molecule has 0 radical (unpaired) electrons. The zero-order chi connectivity index (χ0) is 17.7. The molecule has 1 saturated heterocycles. The quantitative estimate of drug-likeness (QED) is 0.769. The Labute approximate surface area is 145 Å². The Kier molecular flexibility index (Phi) is 6.34. The average molecular weight is 354 g/mol. The lowest BCUT2D eigenvalue weighted by molar-refractivity contribution is -0.122. The van der Waals surface area contributed by atoms with E-state index in [9.17, 15) is 14.0 Å². The van der Waals surface area contributed by atoms with Crippen LogP contribution >= 0.6 is 11.6 Å². The number of nitrogens with zero attached hydrogens (tertiary/aromatic N) is 1. The summed E-state index contributed by atoms with van der Waals surface area (Å²) in [6.45, 7) is 4.40. The van der Waals surface area contributed by atoms with Gasteiger partial charge in [-0.3, -0.25) is 14.5 Å². The molecule has 1 aliphatic heterocycles. The molecule has 24 heavy (non-hydrogen) atoms. The number of hydrogen-bond acceptors (Lipinski definition) is 3. The van der Waals surface area contributed by atoms with Crippen molar-refractivity contribution >= 4 is 23.4 Å². The number of amides is 2. The average Bonchev–Trinajstić information content (AvgIpc) is 2.90. The molecule has 2 atom stereocenters. The van der Waals surface area contributed by atoms with Gasteiger partial charge in [0.2, 0.25) is 11.8 Å². The highest BCUT2D eigenvalue weighted by Crippen LogP contribution is 2.32. The molecule has 130 valence electrons. The van der Waals surface area contributed by atoms with Gasteiger partial charge in [0.15, 0.2) is 0 Å². The normalized spacial score (nSPS) is 20.6. The maximum atomic E-state index is 13.7. The molecular formula is C17H21ClFN3O2. The van der Waals surface area contributed by atoms with E-state index in [0.717, 1.165) is 24.6 Å². The Bertz CT molecular complexity index is 638. The van der Waals surface area contributed by atoms with Crippen molar-refractivity contribution in [2.45, 2.75) is 24.9 Å². The molecule has 5 nitrogen and oxygen atoms in total. The van der Waals surface area contributed by atoms with Gasteiger partial charge in [0, 0.05) is 25.6 Å². The summed E-state index contributed by atoms with van der Waals surface area (Å²) in [5.74, 6) is -0.927. The molecule has 1 aromatic carbocycles. The highest BCUT2D eigenvalue weighted by molar-refractivity contribution is 6.30. The number of halogens is 2. The first-order chi connectivity index (χ1) is 11.4. The number of likely N-dealkylation sites (N-methyl/N-ethyl adjacent to an activating group) is 1. The summed E-state index contributed by atoms with van der Waals surface area (Å²) < 4.78 is 13.7. The summed E-state index contributed by atoms with van der Waals surface area (Å²) in [6, 6.07) is 4.50. The van der Waals surface area contributed by atoms with Crippen LogP contribution < -0.4 is 10.6 Å². The van der Waals surface area contributed by atoms with Crippen molar-refractivity contribution < 1.29 is 14.0 Å². The Hall–Kier alpha value is -1.92. The lowest BCUT2D eigenvalue weighted by atomic mass is 10.00. The molecule has 0 aliphatic carbocycles. The minimum atomic E-state index is -0.466. The summed E-state index contributed by atoms with van der Waals surface area (Å²) in [7, 11) is 1.94. The number of hydrogen-bond donors (Lipinski definition) is 2. The highest BCUT2D eigenvalue weighted by Gasteiger charge is 2.34. The fourth-order valence-corrected chi connectivity index (χ4v) is 3.05. The molecule has 2 amide bonds. The van der Waals surface area contributed by atoms with Gasteiger partial charge in [-0.2, -0.15) is 0 Å². The van der Waals surface area contributed by atoms with E-state index >= 15 is 0 Å². The van der Waals surface area contributed by atoms with E-state index in [-0.39, 0.29) is 41.9 Å². The first kappa shape index (κ1) is 18.4. The predicted molar refractivity (Wildman–Crippen MR) is 91.2 cm³/mol. The van der Waals surface area contributed by atoms with Crippen molar-refractivity contribution in [2.24, 2.45) is 0 Å². The Morgan fingerprint density at radius 1 is 1.50 bits per heavy atom. The molecule has 0 spiro atoms. The number of benzene rings is 1. The van der Waals surface area contributed by atoms with Crippen LogP contribution in [0, 0.1) is 5.82 Å². The second kappa shape index (κ2) is 8.26. The lowest BCUT2D eigenvalue weighted by Crippen LogP contribution is -2.40. The van der Waals surface area contributed by atoms with Gasteiger partial charge in [0.05, 0.1) is 11.1 Å². The van der Waals surface area contributed by atoms with E-state index in [0.29, 0.717) is 0 Å². The maximum Gasteiger partial charge on any atom is 0.243 e. The van der Waals surface area contributed by atoms with Gasteiger partial charge in [0.1, 0.15) is 5.82 Å². The number of nitrogens with one attached hydrogen (secondary N) is 2. The van der Waals surface area contributed by atoms with Gasteiger partial charge >= 0.3 is 0 Å². The van der Waals surface area contributed by atoms with Crippen LogP contribution in [0.3, 0.4) is 0 Å². The second-order valence-corrected chi connectivity index (χ2v) is 6.21. The van der Waals surface area contributed by atoms with Crippen molar-refractivity contribution in [2.75, 3.05) is 20.1 Å². The first-order valence-corrected chi connectivity index (χ1v) is 8.15. The van der Waals surface area contributed by atoms with Gasteiger partial charge in [-0.15, -0.1) is 0 Å². The third kappa shape index (κ3) is 4.55. The summed E-state index contributed by atoms with van der Waals surface area (Å²) in [5, 5.41) is 5.61. The van der Waals surface area contributed by atoms with Crippen molar-refractivity contribution in [3.63, 3.8) is 0 Å². The summed E-state index contributed by atoms with van der Waals surface area (Å²) in [5.41, 5.74) is 0.780. The van der Waals surface area contributed by atoms with Gasteiger partial charge in [-0.1, -0.05) is 24.2 Å². The molecule has 1 fully saturated rings. The third-order valence-corrected chi connectivity index (χ3v) is 4.42. The van der Waals surface area contributed by atoms with Crippen LogP contribution in [0.25, 0.3) is 0 Å².